The highest BCUT2D eigenvalue weighted by molar-refractivity contribution is 9.10. The van der Waals surface area contributed by atoms with E-state index in [2.05, 4.69) is 26.2 Å². The van der Waals surface area contributed by atoms with Crippen molar-refractivity contribution in [1.29, 1.82) is 0 Å². The van der Waals surface area contributed by atoms with Crippen LogP contribution in [0.3, 0.4) is 0 Å². The quantitative estimate of drug-likeness (QED) is 0.801. The molecule has 0 aliphatic carbocycles. The molecule has 0 radical (unpaired) electrons. The normalized spacial score (nSPS) is 10.4. The second-order valence-corrected chi connectivity index (χ2v) is 4.58. The van der Waals surface area contributed by atoms with Crippen LogP contribution in [0.5, 0.6) is 0 Å². The molecule has 6 heteroatoms. The number of carbonyl (C=O) groups excluding carboxylic acids is 1. The monoisotopic (exact) mass is 299 g/mol. The van der Waals surface area contributed by atoms with E-state index in [9.17, 15) is 4.79 Å². The summed E-state index contributed by atoms with van der Waals surface area (Å²) in [5, 5.41) is 8.20. The molecular weight excluding hydrogens is 293 g/mol. The number of Topliss-reactive ketones (excluding diaryl/α,β-unsaturated/α-hetero) is 1. The summed E-state index contributed by atoms with van der Waals surface area (Å²) in [7, 11) is 0. The molecule has 0 atom stereocenters. The number of ketones is 1. The Balaban J connectivity index is 2.46. The molecule has 0 N–H and O–H groups in total. The van der Waals surface area contributed by atoms with Gasteiger partial charge in [0.05, 0.1) is 11.9 Å². The third-order valence-electron chi connectivity index (χ3n) is 1.97. The Morgan fingerprint density at radius 2 is 2.19 bits per heavy atom. The van der Waals surface area contributed by atoms with Crippen LogP contribution in [-0.4, -0.2) is 20.8 Å². The summed E-state index contributed by atoms with van der Waals surface area (Å²) in [4.78, 5) is 11.1. The average Bonchev–Trinajstić information content (AvgIpc) is 2.64. The van der Waals surface area contributed by atoms with E-state index in [1.165, 1.54) is 11.6 Å². The van der Waals surface area contributed by atoms with Crippen molar-refractivity contribution in [1.82, 2.24) is 15.0 Å². The van der Waals surface area contributed by atoms with Crippen molar-refractivity contribution in [2.24, 2.45) is 0 Å². The summed E-state index contributed by atoms with van der Waals surface area (Å²) in [6.45, 7) is 1.45. The van der Waals surface area contributed by atoms with Crippen molar-refractivity contribution >= 4 is 33.3 Å². The van der Waals surface area contributed by atoms with Crippen LogP contribution in [0.25, 0.3) is 5.69 Å². The number of rotatable bonds is 2. The smallest absolute Gasteiger partial charge is 0.181 e. The van der Waals surface area contributed by atoms with Crippen LogP contribution in [0.1, 0.15) is 17.4 Å². The van der Waals surface area contributed by atoms with Gasteiger partial charge in [-0.1, -0.05) is 32.7 Å². The summed E-state index contributed by atoms with van der Waals surface area (Å²) < 4.78 is 2.35. The molecule has 1 aromatic heterocycles. The van der Waals surface area contributed by atoms with Crippen LogP contribution in [0.4, 0.5) is 0 Å². The van der Waals surface area contributed by atoms with E-state index >= 15 is 0 Å². The summed E-state index contributed by atoms with van der Waals surface area (Å²) in [6, 6.07) is 5.35. The number of halogens is 2. The second-order valence-electron chi connectivity index (χ2n) is 3.23. The molecule has 0 aliphatic heterocycles. The first-order valence-corrected chi connectivity index (χ1v) is 5.63. The molecule has 0 fully saturated rings. The third-order valence-corrected chi connectivity index (χ3v) is 2.64. The minimum Gasteiger partial charge on any atom is -0.293 e. The highest BCUT2D eigenvalue weighted by atomic mass is 79.9. The molecule has 0 saturated heterocycles. The molecule has 2 aromatic rings. The first kappa shape index (κ1) is 11.3. The molecule has 0 unspecified atom stereocenters. The Kier molecular flexibility index (Phi) is 3.07. The predicted molar refractivity (Wildman–Crippen MR) is 64.1 cm³/mol. The molecule has 4 nitrogen and oxygen atoms in total. The van der Waals surface area contributed by atoms with Gasteiger partial charge in [0, 0.05) is 16.4 Å². The molecule has 0 bridgehead atoms. The van der Waals surface area contributed by atoms with E-state index < -0.39 is 0 Å². The van der Waals surface area contributed by atoms with Gasteiger partial charge in [-0.2, -0.15) is 0 Å². The number of aromatic nitrogens is 3. The van der Waals surface area contributed by atoms with Gasteiger partial charge in [0.2, 0.25) is 0 Å². The fourth-order valence-electron chi connectivity index (χ4n) is 1.22. The van der Waals surface area contributed by atoms with Gasteiger partial charge in [-0.25, -0.2) is 4.68 Å². The molecule has 0 spiro atoms. The van der Waals surface area contributed by atoms with Gasteiger partial charge in [-0.15, -0.1) is 5.10 Å². The highest BCUT2D eigenvalue weighted by Crippen LogP contribution is 2.21. The zero-order valence-corrected chi connectivity index (χ0v) is 10.7. The molecule has 1 aromatic carbocycles. The largest absolute Gasteiger partial charge is 0.293 e. The van der Waals surface area contributed by atoms with Crippen molar-refractivity contribution in [3.05, 3.63) is 39.6 Å². The first-order chi connectivity index (χ1) is 7.56. The fraction of sp³-hybridized carbons (Fsp3) is 0.100. The Labute approximate surface area is 105 Å². The lowest BCUT2D eigenvalue weighted by Gasteiger charge is -2.01. The standard InChI is InChI=1S/C10H7BrClN3O/c1-6(16)10-5-15(14-13-10)9-3-7(11)2-8(12)4-9/h2-5H,1H3. The first-order valence-electron chi connectivity index (χ1n) is 4.46. The maximum atomic E-state index is 11.1. The maximum Gasteiger partial charge on any atom is 0.181 e. The van der Waals surface area contributed by atoms with E-state index in [4.69, 9.17) is 11.6 Å². The van der Waals surface area contributed by atoms with Crippen LogP contribution in [-0.2, 0) is 0 Å². The van der Waals surface area contributed by atoms with Gasteiger partial charge in [-0.3, -0.25) is 4.79 Å². The lowest BCUT2D eigenvalue weighted by Crippen LogP contribution is -1.94. The number of nitrogens with zero attached hydrogens (tertiary/aromatic N) is 3. The lowest BCUT2D eigenvalue weighted by atomic mass is 10.3. The second kappa shape index (κ2) is 4.35. The average molecular weight is 301 g/mol. The van der Waals surface area contributed by atoms with Crippen LogP contribution in [0.2, 0.25) is 5.02 Å². The van der Waals surface area contributed by atoms with Crippen LogP contribution < -0.4 is 0 Å². The Hall–Kier alpha value is -1.20. The molecule has 1 heterocycles. The number of carbonyl (C=O) groups is 1. The number of benzene rings is 1. The lowest BCUT2D eigenvalue weighted by molar-refractivity contribution is 0.101. The van der Waals surface area contributed by atoms with Crippen molar-refractivity contribution in [2.75, 3.05) is 0 Å². The zero-order chi connectivity index (χ0) is 11.7. The topological polar surface area (TPSA) is 47.8 Å². The Morgan fingerprint density at radius 3 is 2.75 bits per heavy atom. The summed E-state index contributed by atoms with van der Waals surface area (Å²) in [6.07, 6.45) is 1.57. The van der Waals surface area contributed by atoms with Crippen LogP contribution >= 0.6 is 27.5 Å². The van der Waals surface area contributed by atoms with E-state index in [-0.39, 0.29) is 5.78 Å². The fourth-order valence-corrected chi connectivity index (χ4v) is 2.07. The predicted octanol–water partition coefficient (Wildman–Crippen LogP) is 2.89. The SMILES string of the molecule is CC(=O)c1cn(-c2cc(Cl)cc(Br)c2)nn1. The summed E-state index contributed by atoms with van der Waals surface area (Å²) in [5.41, 5.74) is 1.08. The zero-order valence-electron chi connectivity index (χ0n) is 8.32. The van der Waals surface area contributed by atoms with E-state index in [0.29, 0.717) is 10.7 Å². The minimum atomic E-state index is -0.118. The van der Waals surface area contributed by atoms with Crippen molar-refractivity contribution in [2.45, 2.75) is 6.92 Å². The Morgan fingerprint density at radius 1 is 1.44 bits per heavy atom. The molecule has 0 saturated carbocycles. The van der Waals surface area contributed by atoms with Gasteiger partial charge >= 0.3 is 0 Å². The molecule has 0 aliphatic rings. The van der Waals surface area contributed by atoms with E-state index in [1.807, 2.05) is 6.07 Å². The van der Waals surface area contributed by atoms with Crippen molar-refractivity contribution in [3.63, 3.8) is 0 Å². The molecule has 82 valence electrons. The molecule has 2 rings (SSSR count). The van der Waals surface area contributed by atoms with Crippen LogP contribution in [0, 0.1) is 0 Å². The summed E-state index contributed by atoms with van der Waals surface area (Å²) in [5.74, 6) is -0.118. The van der Waals surface area contributed by atoms with Gasteiger partial charge in [0.15, 0.2) is 5.78 Å². The van der Waals surface area contributed by atoms with Crippen molar-refractivity contribution < 1.29 is 4.79 Å². The minimum absolute atomic E-state index is 0.118. The highest BCUT2D eigenvalue weighted by Gasteiger charge is 2.07. The van der Waals surface area contributed by atoms with Gasteiger partial charge in [0.25, 0.3) is 0 Å². The summed E-state index contributed by atoms with van der Waals surface area (Å²) >= 11 is 9.24. The molecule has 16 heavy (non-hydrogen) atoms. The van der Waals surface area contributed by atoms with E-state index in [0.717, 1.165) is 10.2 Å². The van der Waals surface area contributed by atoms with Crippen LogP contribution in [0.15, 0.2) is 28.9 Å². The van der Waals surface area contributed by atoms with Gasteiger partial charge in [0.1, 0.15) is 5.69 Å². The third kappa shape index (κ3) is 2.31. The van der Waals surface area contributed by atoms with Gasteiger partial charge in [-0.05, 0) is 18.2 Å². The molecule has 0 amide bonds. The van der Waals surface area contributed by atoms with Crippen molar-refractivity contribution in [3.8, 4) is 5.69 Å². The molecular formula is C10H7BrClN3O. The maximum absolute atomic E-state index is 11.1. The number of hydrogen-bond acceptors (Lipinski definition) is 3. The van der Waals surface area contributed by atoms with Gasteiger partial charge < -0.3 is 0 Å². The Bertz CT molecular complexity index is 532. The number of hydrogen-bond donors (Lipinski definition) is 0. The van der Waals surface area contributed by atoms with E-state index in [1.54, 1.807) is 18.3 Å².